The van der Waals surface area contributed by atoms with Crippen LogP contribution in [0.2, 0.25) is 0 Å². The van der Waals surface area contributed by atoms with Crippen molar-refractivity contribution in [2.45, 2.75) is 178 Å². The number of hydrogen-bond donors (Lipinski definition) is 7. The lowest BCUT2D eigenvalue weighted by molar-refractivity contribution is -0.298. The van der Waals surface area contributed by atoms with Gasteiger partial charge < -0.3 is 40.3 Å². The first-order valence-corrected chi connectivity index (χ1v) is 19.7. The number of carbonyl (C=O) groups excluding carboxylic acids is 1. The molecule has 1 heterocycles. The Morgan fingerprint density at radius 2 is 1.37 bits per heavy atom. The summed E-state index contributed by atoms with van der Waals surface area (Å²) in [6, 6.07) is -1.12. The third-order valence-corrected chi connectivity index (χ3v) is 9.05. The van der Waals surface area contributed by atoms with E-state index in [4.69, 9.17) is 14.0 Å². The first-order chi connectivity index (χ1) is 23.4. The fourth-order valence-corrected chi connectivity index (χ4v) is 6.06. The molecule has 1 amide bonds. The maximum atomic E-state index is 12.9. The Balaban J connectivity index is 2.78. The summed E-state index contributed by atoms with van der Waals surface area (Å²) < 4.78 is 47.1. The van der Waals surface area contributed by atoms with Gasteiger partial charge in [0.15, 0.2) is 6.29 Å². The lowest BCUT2D eigenvalue weighted by Crippen LogP contribution is -2.61. The number of hydrogen-bond acceptors (Lipinski definition) is 11. The lowest BCUT2D eigenvalue weighted by Gasteiger charge is -2.41. The quantitative estimate of drug-likeness (QED) is 0.0332. The van der Waals surface area contributed by atoms with Crippen LogP contribution in [-0.2, 0) is 28.9 Å². The van der Waals surface area contributed by atoms with E-state index in [1.54, 1.807) is 6.08 Å². The Morgan fingerprint density at radius 1 is 0.816 bits per heavy atom. The fourth-order valence-electron chi connectivity index (χ4n) is 5.56. The van der Waals surface area contributed by atoms with Crippen LogP contribution in [0.15, 0.2) is 24.3 Å². The molecular formula is C35H65NO12S. The molecule has 1 saturated heterocycles. The van der Waals surface area contributed by atoms with E-state index in [1.165, 1.54) is 44.6 Å². The van der Waals surface area contributed by atoms with Gasteiger partial charge in [0.05, 0.1) is 25.4 Å². The first-order valence-electron chi connectivity index (χ1n) is 18.3. The van der Waals surface area contributed by atoms with Crippen LogP contribution in [0.5, 0.6) is 0 Å². The standard InChI is InChI=1S/C35H65NO12S/c1-3-5-7-9-11-13-14-16-17-19-21-23-28(38)27(36-34(42)29(39)24-22-20-18-15-12-10-8-6-4-2)26-46-35-32(41)33(48-49(43,44)45)31(40)30(25-37)47-35/h10,12,21,23,27-33,35,37-41H,3-9,11,13-20,22,24-26H2,1-2H3,(H,36,42)(H,43,44,45)/b12-10-,23-21+. The summed E-state index contributed by atoms with van der Waals surface area (Å²) in [4.78, 5) is 12.9. The Hall–Kier alpha value is -1.46. The van der Waals surface area contributed by atoms with Crippen molar-refractivity contribution < 1.29 is 57.0 Å². The van der Waals surface area contributed by atoms with E-state index >= 15 is 0 Å². The minimum Gasteiger partial charge on any atom is -0.394 e. The first kappa shape index (κ1) is 45.6. The molecule has 0 aromatic heterocycles. The van der Waals surface area contributed by atoms with Crippen molar-refractivity contribution in [3.05, 3.63) is 24.3 Å². The Bertz CT molecular complexity index is 1010. The number of aliphatic hydroxyl groups is 5. The molecule has 8 unspecified atom stereocenters. The Morgan fingerprint density at radius 3 is 1.96 bits per heavy atom. The average molecular weight is 724 g/mol. The monoisotopic (exact) mass is 723 g/mol. The SMILES string of the molecule is CCCC/C=C\CCCCCC(O)C(=O)NC(COC1OC(CO)C(O)C(OS(=O)(=O)O)C1O)C(O)/C=C/CCCCCCCCCCC. The maximum absolute atomic E-state index is 12.9. The predicted molar refractivity (Wildman–Crippen MR) is 187 cm³/mol. The number of rotatable bonds is 29. The van der Waals surface area contributed by atoms with Gasteiger partial charge >= 0.3 is 10.4 Å². The minimum absolute atomic E-state index is 0.221. The highest BCUT2D eigenvalue weighted by Gasteiger charge is 2.48. The summed E-state index contributed by atoms with van der Waals surface area (Å²) in [7, 11) is -5.11. The normalized spacial score (nSPS) is 23.6. The molecule has 1 aliphatic heterocycles. The fraction of sp³-hybridized carbons (Fsp3) is 0.857. The second-order valence-corrected chi connectivity index (χ2v) is 14.0. The highest BCUT2D eigenvalue weighted by molar-refractivity contribution is 7.80. The van der Waals surface area contributed by atoms with Gasteiger partial charge in [-0.15, -0.1) is 0 Å². The van der Waals surface area contributed by atoms with Gasteiger partial charge in [0.2, 0.25) is 5.91 Å². The van der Waals surface area contributed by atoms with Crippen molar-refractivity contribution in [2.24, 2.45) is 0 Å². The van der Waals surface area contributed by atoms with Crippen LogP contribution in [0.3, 0.4) is 0 Å². The molecular weight excluding hydrogens is 658 g/mol. The van der Waals surface area contributed by atoms with E-state index in [2.05, 4.69) is 35.5 Å². The molecule has 0 aromatic carbocycles. The zero-order valence-corrected chi connectivity index (χ0v) is 30.4. The molecule has 8 atom stereocenters. The van der Waals surface area contributed by atoms with Gasteiger partial charge in [0.1, 0.15) is 30.5 Å². The van der Waals surface area contributed by atoms with Gasteiger partial charge in [0.25, 0.3) is 0 Å². The zero-order valence-electron chi connectivity index (χ0n) is 29.6. The number of allylic oxidation sites excluding steroid dienone is 3. The molecule has 13 nitrogen and oxygen atoms in total. The molecule has 14 heteroatoms. The molecule has 0 saturated carbocycles. The predicted octanol–water partition coefficient (Wildman–Crippen LogP) is 4.01. The van der Waals surface area contributed by atoms with Crippen molar-refractivity contribution in [2.75, 3.05) is 13.2 Å². The molecule has 0 aliphatic carbocycles. The smallest absolute Gasteiger partial charge is 0.394 e. The second-order valence-electron chi connectivity index (χ2n) is 12.9. The van der Waals surface area contributed by atoms with Gasteiger partial charge in [-0.05, 0) is 38.5 Å². The number of unbranched alkanes of at least 4 members (excludes halogenated alkanes) is 14. The molecule has 0 bridgehead atoms. The Labute approximate surface area is 294 Å². The third-order valence-electron chi connectivity index (χ3n) is 8.58. The highest BCUT2D eigenvalue weighted by Crippen LogP contribution is 2.26. The van der Waals surface area contributed by atoms with Gasteiger partial charge in [-0.2, -0.15) is 8.42 Å². The van der Waals surface area contributed by atoms with Crippen molar-refractivity contribution in [3.8, 4) is 0 Å². The molecule has 1 aliphatic rings. The Kier molecular flexibility index (Phi) is 25.3. The molecule has 49 heavy (non-hydrogen) atoms. The van der Waals surface area contributed by atoms with Crippen LogP contribution < -0.4 is 5.32 Å². The third kappa shape index (κ3) is 20.9. The van der Waals surface area contributed by atoms with Crippen molar-refractivity contribution >= 4 is 16.3 Å². The lowest BCUT2D eigenvalue weighted by atomic mass is 9.99. The van der Waals surface area contributed by atoms with E-state index in [0.717, 1.165) is 57.8 Å². The molecule has 0 radical (unpaired) electrons. The van der Waals surface area contributed by atoms with Crippen LogP contribution in [0.4, 0.5) is 0 Å². The van der Waals surface area contributed by atoms with Crippen LogP contribution in [-0.4, -0.2) is 107 Å². The number of ether oxygens (including phenoxy) is 2. The topological polar surface area (TPSA) is 212 Å². The number of amides is 1. The summed E-state index contributed by atoms with van der Waals surface area (Å²) in [5.74, 6) is -0.721. The summed E-state index contributed by atoms with van der Waals surface area (Å²) in [6.07, 6.45) is 14.5. The second kappa shape index (κ2) is 27.2. The van der Waals surface area contributed by atoms with Crippen molar-refractivity contribution in [1.29, 1.82) is 0 Å². The summed E-state index contributed by atoms with van der Waals surface area (Å²) in [5, 5.41) is 54.6. The molecule has 0 spiro atoms. The van der Waals surface area contributed by atoms with Crippen LogP contribution in [0, 0.1) is 0 Å². The van der Waals surface area contributed by atoms with Crippen LogP contribution in [0.25, 0.3) is 0 Å². The minimum atomic E-state index is -5.11. The molecule has 7 N–H and O–H groups in total. The number of nitrogens with one attached hydrogen (secondary N) is 1. The van der Waals surface area contributed by atoms with Gasteiger partial charge in [-0.25, -0.2) is 4.18 Å². The molecule has 1 rings (SSSR count). The van der Waals surface area contributed by atoms with Gasteiger partial charge in [0, 0.05) is 0 Å². The highest BCUT2D eigenvalue weighted by atomic mass is 32.3. The summed E-state index contributed by atoms with van der Waals surface area (Å²) >= 11 is 0. The molecule has 288 valence electrons. The van der Waals surface area contributed by atoms with Crippen LogP contribution >= 0.6 is 0 Å². The number of carbonyl (C=O) groups is 1. The molecule has 1 fully saturated rings. The zero-order chi connectivity index (χ0) is 36.5. The van der Waals surface area contributed by atoms with E-state index in [-0.39, 0.29) is 6.42 Å². The number of aliphatic hydroxyl groups excluding tert-OH is 5. The van der Waals surface area contributed by atoms with Crippen molar-refractivity contribution in [1.82, 2.24) is 5.32 Å². The van der Waals surface area contributed by atoms with E-state index in [9.17, 15) is 38.7 Å². The van der Waals surface area contributed by atoms with Crippen molar-refractivity contribution in [3.63, 3.8) is 0 Å². The average Bonchev–Trinajstić information content (AvgIpc) is 3.06. The molecule has 0 aromatic rings. The van der Waals surface area contributed by atoms with Crippen LogP contribution in [0.1, 0.15) is 129 Å². The maximum Gasteiger partial charge on any atom is 0.397 e. The summed E-state index contributed by atoms with van der Waals surface area (Å²) in [6.45, 7) is 3.08. The van der Waals surface area contributed by atoms with E-state index < -0.39 is 78.5 Å². The summed E-state index contributed by atoms with van der Waals surface area (Å²) in [5.41, 5.74) is 0. The van der Waals surface area contributed by atoms with E-state index in [1.807, 2.05) is 0 Å². The largest absolute Gasteiger partial charge is 0.397 e. The van der Waals surface area contributed by atoms with Gasteiger partial charge in [-0.3, -0.25) is 9.35 Å². The van der Waals surface area contributed by atoms with Gasteiger partial charge in [-0.1, -0.05) is 115 Å². The van der Waals surface area contributed by atoms with E-state index in [0.29, 0.717) is 12.8 Å².